The van der Waals surface area contributed by atoms with Gasteiger partial charge in [0.15, 0.2) is 0 Å². The highest BCUT2D eigenvalue weighted by Gasteiger charge is 2.46. The Balaban J connectivity index is 1.54. The molecule has 2 heterocycles. The highest BCUT2D eigenvalue weighted by Crippen LogP contribution is 2.48. The highest BCUT2D eigenvalue weighted by molar-refractivity contribution is 5.00. The van der Waals surface area contributed by atoms with E-state index in [0.717, 1.165) is 37.1 Å². The number of piperidine rings is 2. The quantitative estimate of drug-likeness (QED) is 0.748. The summed E-state index contributed by atoms with van der Waals surface area (Å²) in [5, 5.41) is 0. The topological polar surface area (TPSA) is 12.5 Å². The number of rotatable bonds is 3. The Hall–Kier alpha value is -0.0800. The molecule has 4 fully saturated rings. The van der Waals surface area contributed by atoms with Crippen molar-refractivity contribution >= 4 is 0 Å². The van der Waals surface area contributed by atoms with E-state index in [4.69, 9.17) is 4.74 Å². The van der Waals surface area contributed by atoms with Crippen LogP contribution in [0.3, 0.4) is 0 Å². The van der Waals surface area contributed by atoms with E-state index in [1.807, 2.05) is 0 Å². The maximum absolute atomic E-state index is 5.89. The maximum atomic E-state index is 5.89. The molecule has 4 bridgehead atoms. The van der Waals surface area contributed by atoms with Crippen molar-refractivity contribution in [3.63, 3.8) is 0 Å². The third-order valence-electron chi connectivity index (χ3n) is 4.91. The third kappa shape index (κ3) is 2.53. The second kappa shape index (κ2) is 4.24. The average molecular weight is 237 g/mol. The molecule has 2 nitrogen and oxygen atoms in total. The van der Waals surface area contributed by atoms with Gasteiger partial charge in [-0.15, -0.1) is 0 Å². The molecule has 2 aliphatic carbocycles. The SMILES string of the molecule is CC(C)(C)OCCN1C2CC3CC(C2)CC1C3. The summed E-state index contributed by atoms with van der Waals surface area (Å²) in [6.07, 6.45) is 7.44. The molecule has 17 heavy (non-hydrogen) atoms. The number of ether oxygens (including phenoxy) is 1. The summed E-state index contributed by atoms with van der Waals surface area (Å²) in [6, 6.07) is 1.80. The molecule has 0 amide bonds. The van der Waals surface area contributed by atoms with E-state index < -0.39 is 0 Å². The molecular weight excluding hydrogens is 210 g/mol. The van der Waals surface area contributed by atoms with Gasteiger partial charge in [-0.1, -0.05) is 0 Å². The first kappa shape index (κ1) is 12.0. The first-order valence-electron chi connectivity index (χ1n) is 7.41. The van der Waals surface area contributed by atoms with E-state index >= 15 is 0 Å². The van der Waals surface area contributed by atoms with Gasteiger partial charge >= 0.3 is 0 Å². The molecule has 0 atom stereocenters. The minimum Gasteiger partial charge on any atom is -0.375 e. The molecule has 2 saturated carbocycles. The number of hydrogen-bond acceptors (Lipinski definition) is 2. The van der Waals surface area contributed by atoms with E-state index in [1.54, 1.807) is 6.42 Å². The van der Waals surface area contributed by atoms with Gasteiger partial charge in [0.25, 0.3) is 0 Å². The van der Waals surface area contributed by atoms with Crippen LogP contribution in [0.5, 0.6) is 0 Å². The van der Waals surface area contributed by atoms with Crippen LogP contribution in [-0.4, -0.2) is 35.7 Å². The van der Waals surface area contributed by atoms with Crippen LogP contribution < -0.4 is 0 Å². The Morgan fingerprint density at radius 2 is 1.47 bits per heavy atom. The van der Waals surface area contributed by atoms with Crippen LogP contribution in [0.4, 0.5) is 0 Å². The van der Waals surface area contributed by atoms with Crippen molar-refractivity contribution in [2.24, 2.45) is 11.8 Å². The van der Waals surface area contributed by atoms with E-state index in [0.29, 0.717) is 0 Å². The molecule has 0 unspecified atom stereocenters. The van der Waals surface area contributed by atoms with Crippen molar-refractivity contribution in [1.29, 1.82) is 0 Å². The summed E-state index contributed by atoms with van der Waals surface area (Å²) >= 11 is 0. The number of hydrogen-bond donors (Lipinski definition) is 0. The van der Waals surface area contributed by atoms with Gasteiger partial charge in [0.1, 0.15) is 0 Å². The fraction of sp³-hybridized carbons (Fsp3) is 1.00. The van der Waals surface area contributed by atoms with E-state index in [9.17, 15) is 0 Å². The largest absolute Gasteiger partial charge is 0.375 e. The Morgan fingerprint density at radius 1 is 0.941 bits per heavy atom. The predicted octanol–water partition coefficient (Wildman–Crippen LogP) is 3.06. The van der Waals surface area contributed by atoms with Gasteiger partial charge in [0.2, 0.25) is 0 Å². The molecule has 0 radical (unpaired) electrons. The van der Waals surface area contributed by atoms with E-state index in [2.05, 4.69) is 25.7 Å². The summed E-state index contributed by atoms with van der Waals surface area (Å²) in [6.45, 7) is 8.52. The van der Waals surface area contributed by atoms with Crippen molar-refractivity contribution in [2.45, 2.75) is 70.6 Å². The zero-order chi connectivity index (χ0) is 12.0. The molecule has 2 aliphatic heterocycles. The molecule has 98 valence electrons. The van der Waals surface area contributed by atoms with Gasteiger partial charge in [0, 0.05) is 18.6 Å². The molecule has 2 saturated heterocycles. The van der Waals surface area contributed by atoms with Crippen LogP contribution in [-0.2, 0) is 4.74 Å². The molecule has 0 N–H and O–H groups in total. The molecule has 4 aliphatic rings. The molecule has 0 aromatic heterocycles. The van der Waals surface area contributed by atoms with E-state index in [1.165, 1.54) is 25.7 Å². The lowest BCUT2D eigenvalue weighted by molar-refractivity contribution is -0.0837. The molecule has 2 heteroatoms. The lowest BCUT2D eigenvalue weighted by atomic mass is 9.63. The second-order valence-corrected chi connectivity index (χ2v) is 7.42. The Bertz CT molecular complexity index is 253. The van der Waals surface area contributed by atoms with Crippen LogP contribution in [0.2, 0.25) is 0 Å². The van der Waals surface area contributed by atoms with Crippen LogP contribution in [0.1, 0.15) is 52.9 Å². The normalized spacial score (nSPS) is 41.1. The summed E-state index contributed by atoms with van der Waals surface area (Å²) in [4.78, 5) is 2.78. The fourth-order valence-electron chi connectivity index (χ4n) is 4.44. The van der Waals surface area contributed by atoms with Gasteiger partial charge in [-0.25, -0.2) is 0 Å². The van der Waals surface area contributed by atoms with Gasteiger partial charge in [0.05, 0.1) is 12.2 Å². The smallest absolute Gasteiger partial charge is 0.0600 e. The number of nitrogens with zero attached hydrogens (tertiary/aromatic N) is 1. The van der Waals surface area contributed by atoms with Crippen molar-refractivity contribution in [2.75, 3.05) is 13.2 Å². The van der Waals surface area contributed by atoms with Gasteiger partial charge in [-0.3, -0.25) is 4.90 Å². The van der Waals surface area contributed by atoms with Gasteiger partial charge in [-0.2, -0.15) is 0 Å². The van der Waals surface area contributed by atoms with Crippen LogP contribution >= 0.6 is 0 Å². The summed E-state index contributed by atoms with van der Waals surface area (Å²) in [7, 11) is 0. The van der Waals surface area contributed by atoms with E-state index in [-0.39, 0.29) is 5.60 Å². The van der Waals surface area contributed by atoms with Gasteiger partial charge in [-0.05, 0) is 64.7 Å². The maximum Gasteiger partial charge on any atom is 0.0600 e. The van der Waals surface area contributed by atoms with Crippen molar-refractivity contribution in [3.05, 3.63) is 0 Å². The first-order chi connectivity index (χ1) is 8.01. The standard InChI is InChI=1S/C15H27NO/c1-15(2,3)17-5-4-16-13-7-11-6-12(9-13)10-14(16)8-11/h11-14H,4-10H2,1-3H3. The van der Waals surface area contributed by atoms with Crippen LogP contribution in [0, 0.1) is 11.8 Å². The lowest BCUT2D eigenvalue weighted by Crippen LogP contribution is -2.58. The van der Waals surface area contributed by atoms with Crippen LogP contribution in [0.15, 0.2) is 0 Å². The average Bonchev–Trinajstić information content (AvgIpc) is 2.19. The third-order valence-corrected chi connectivity index (χ3v) is 4.91. The zero-order valence-electron chi connectivity index (χ0n) is 11.6. The molecule has 0 spiro atoms. The predicted molar refractivity (Wildman–Crippen MR) is 70.1 cm³/mol. The minimum absolute atomic E-state index is 0.0209. The minimum atomic E-state index is 0.0209. The van der Waals surface area contributed by atoms with Crippen molar-refractivity contribution in [3.8, 4) is 0 Å². The summed E-state index contributed by atoms with van der Waals surface area (Å²) < 4.78 is 5.89. The summed E-state index contributed by atoms with van der Waals surface area (Å²) in [5.41, 5.74) is 0.0209. The van der Waals surface area contributed by atoms with Crippen molar-refractivity contribution in [1.82, 2.24) is 4.90 Å². The second-order valence-electron chi connectivity index (χ2n) is 7.42. The summed E-state index contributed by atoms with van der Waals surface area (Å²) in [5.74, 6) is 2.13. The lowest BCUT2D eigenvalue weighted by Gasteiger charge is -2.56. The van der Waals surface area contributed by atoms with Crippen LogP contribution in [0.25, 0.3) is 0 Å². The first-order valence-corrected chi connectivity index (χ1v) is 7.41. The Kier molecular flexibility index (Phi) is 2.99. The van der Waals surface area contributed by atoms with Crippen molar-refractivity contribution < 1.29 is 4.74 Å². The molecular formula is C15H27NO. The highest BCUT2D eigenvalue weighted by atomic mass is 16.5. The Morgan fingerprint density at radius 3 is 1.94 bits per heavy atom. The Labute approximate surface area is 106 Å². The monoisotopic (exact) mass is 237 g/mol. The molecule has 4 rings (SSSR count). The fourth-order valence-corrected chi connectivity index (χ4v) is 4.44. The molecule has 0 aromatic carbocycles. The zero-order valence-corrected chi connectivity index (χ0v) is 11.6. The van der Waals surface area contributed by atoms with Gasteiger partial charge < -0.3 is 4.74 Å². The molecule has 0 aromatic rings.